The minimum Gasteiger partial charge on any atom is -0.379 e. The topological polar surface area (TPSA) is 60.2 Å². The molecule has 1 aliphatic heterocycles. The summed E-state index contributed by atoms with van der Waals surface area (Å²) < 4.78 is 24.1. The smallest absolute Gasteiger partial charge is 0.234 e. The molecule has 2 unspecified atom stereocenters. The highest BCUT2D eigenvalue weighted by atomic mass is 19.1. The average Bonchev–Trinajstić information content (AvgIpc) is 3.13. The summed E-state index contributed by atoms with van der Waals surface area (Å²) in [6, 6.07) is 6.36. The van der Waals surface area contributed by atoms with E-state index in [9.17, 15) is 4.39 Å². The van der Waals surface area contributed by atoms with Crippen molar-refractivity contribution < 1.29 is 13.7 Å². The second kappa shape index (κ2) is 6.32. The van der Waals surface area contributed by atoms with Gasteiger partial charge in [0.1, 0.15) is 5.82 Å². The van der Waals surface area contributed by atoms with Gasteiger partial charge in [0.15, 0.2) is 0 Å². The molecule has 1 aromatic carbocycles. The van der Waals surface area contributed by atoms with E-state index in [0.29, 0.717) is 30.5 Å². The molecule has 3 rings (SSSR count). The highest BCUT2D eigenvalue weighted by molar-refractivity contribution is 5.53. The molecule has 0 aliphatic carbocycles. The first-order chi connectivity index (χ1) is 10.3. The maximum Gasteiger partial charge on any atom is 0.234 e. The number of hydrogen-bond acceptors (Lipinski definition) is 5. The third-order valence-electron chi connectivity index (χ3n) is 3.58. The predicted octanol–water partition coefficient (Wildman–Crippen LogP) is 2.36. The van der Waals surface area contributed by atoms with E-state index in [1.807, 2.05) is 0 Å². The molecule has 1 aromatic heterocycles. The van der Waals surface area contributed by atoms with E-state index >= 15 is 0 Å². The van der Waals surface area contributed by atoms with E-state index in [4.69, 9.17) is 9.26 Å². The SMILES string of the molecule is CCCNC1COCC1c1nc(-c2cccc(F)c2)no1. The molecule has 6 heteroatoms. The van der Waals surface area contributed by atoms with E-state index in [1.54, 1.807) is 12.1 Å². The van der Waals surface area contributed by atoms with Gasteiger partial charge in [0.25, 0.3) is 0 Å². The lowest BCUT2D eigenvalue weighted by atomic mass is 10.0. The summed E-state index contributed by atoms with van der Waals surface area (Å²) in [4.78, 5) is 4.40. The van der Waals surface area contributed by atoms with E-state index in [0.717, 1.165) is 13.0 Å². The van der Waals surface area contributed by atoms with Gasteiger partial charge in [0, 0.05) is 11.6 Å². The van der Waals surface area contributed by atoms with Crippen LogP contribution in [0.1, 0.15) is 25.2 Å². The number of nitrogens with one attached hydrogen (secondary N) is 1. The van der Waals surface area contributed by atoms with Crippen LogP contribution in [0.3, 0.4) is 0 Å². The highest BCUT2D eigenvalue weighted by Crippen LogP contribution is 2.26. The molecule has 0 bridgehead atoms. The number of aromatic nitrogens is 2. The maximum atomic E-state index is 13.2. The normalized spacial score (nSPS) is 21.8. The second-order valence-electron chi connectivity index (χ2n) is 5.17. The first-order valence-electron chi connectivity index (χ1n) is 7.18. The highest BCUT2D eigenvalue weighted by Gasteiger charge is 2.33. The lowest BCUT2D eigenvalue weighted by molar-refractivity contribution is 0.184. The van der Waals surface area contributed by atoms with Crippen molar-refractivity contribution in [2.75, 3.05) is 19.8 Å². The molecule has 0 saturated carbocycles. The summed E-state index contributed by atoms with van der Waals surface area (Å²) in [7, 11) is 0. The quantitative estimate of drug-likeness (QED) is 0.916. The molecule has 5 nitrogen and oxygen atoms in total. The lowest BCUT2D eigenvalue weighted by Gasteiger charge is -2.14. The third kappa shape index (κ3) is 3.11. The molecule has 0 amide bonds. The molecule has 0 spiro atoms. The molecule has 21 heavy (non-hydrogen) atoms. The van der Waals surface area contributed by atoms with Crippen molar-refractivity contribution >= 4 is 0 Å². The fraction of sp³-hybridized carbons (Fsp3) is 0.467. The van der Waals surface area contributed by atoms with Crippen LogP contribution in [0.15, 0.2) is 28.8 Å². The largest absolute Gasteiger partial charge is 0.379 e. The van der Waals surface area contributed by atoms with Gasteiger partial charge in [0.2, 0.25) is 11.7 Å². The summed E-state index contributed by atoms with van der Waals surface area (Å²) in [5, 5.41) is 7.38. The average molecular weight is 291 g/mol. The molecule has 2 heterocycles. The molecular weight excluding hydrogens is 273 g/mol. The van der Waals surface area contributed by atoms with Crippen LogP contribution in [0.2, 0.25) is 0 Å². The second-order valence-corrected chi connectivity index (χ2v) is 5.17. The first kappa shape index (κ1) is 14.2. The minimum atomic E-state index is -0.314. The Labute approximate surface area is 122 Å². The van der Waals surface area contributed by atoms with Crippen LogP contribution in [0.4, 0.5) is 4.39 Å². The Morgan fingerprint density at radius 3 is 3.10 bits per heavy atom. The van der Waals surface area contributed by atoms with Gasteiger partial charge < -0.3 is 14.6 Å². The predicted molar refractivity (Wildman–Crippen MR) is 75.3 cm³/mol. The van der Waals surface area contributed by atoms with Crippen LogP contribution < -0.4 is 5.32 Å². The molecule has 112 valence electrons. The molecule has 1 saturated heterocycles. The molecule has 1 fully saturated rings. The standard InChI is InChI=1S/C15H18FN3O2/c1-2-6-17-13-9-20-8-12(13)15-18-14(19-21-15)10-4-3-5-11(16)7-10/h3-5,7,12-13,17H,2,6,8-9H2,1H3. The fourth-order valence-electron chi connectivity index (χ4n) is 2.46. The van der Waals surface area contributed by atoms with Crippen molar-refractivity contribution in [3.63, 3.8) is 0 Å². The Morgan fingerprint density at radius 2 is 2.29 bits per heavy atom. The van der Waals surface area contributed by atoms with Crippen molar-refractivity contribution in [1.82, 2.24) is 15.5 Å². The van der Waals surface area contributed by atoms with Gasteiger partial charge in [-0.2, -0.15) is 4.98 Å². The zero-order chi connectivity index (χ0) is 14.7. The van der Waals surface area contributed by atoms with Gasteiger partial charge in [-0.25, -0.2) is 4.39 Å². The van der Waals surface area contributed by atoms with Gasteiger partial charge in [-0.1, -0.05) is 24.2 Å². The third-order valence-corrected chi connectivity index (χ3v) is 3.58. The van der Waals surface area contributed by atoms with Crippen LogP contribution >= 0.6 is 0 Å². The number of halogens is 1. The summed E-state index contributed by atoms with van der Waals surface area (Å²) in [5.74, 6) is 0.683. The Bertz CT molecular complexity index is 602. The molecule has 0 radical (unpaired) electrons. The molecular formula is C15H18FN3O2. The molecule has 1 aliphatic rings. The maximum absolute atomic E-state index is 13.2. The van der Waals surface area contributed by atoms with E-state index in [2.05, 4.69) is 22.4 Å². The van der Waals surface area contributed by atoms with Gasteiger partial charge in [-0.3, -0.25) is 0 Å². The number of ether oxygens (including phenoxy) is 1. The Kier molecular flexibility index (Phi) is 4.26. The van der Waals surface area contributed by atoms with Crippen molar-refractivity contribution in [1.29, 1.82) is 0 Å². The van der Waals surface area contributed by atoms with Crippen molar-refractivity contribution in [3.8, 4) is 11.4 Å². The summed E-state index contributed by atoms with van der Waals surface area (Å²) in [6.07, 6.45) is 1.06. The van der Waals surface area contributed by atoms with E-state index in [1.165, 1.54) is 12.1 Å². The Balaban J connectivity index is 1.78. The van der Waals surface area contributed by atoms with Gasteiger partial charge in [-0.15, -0.1) is 0 Å². The van der Waals surface area contributed by atoms with Crippen molar-refractivity contribution in [2.24, 2.45) is 0 Å². The summed E-state index contributed by atoms with van der Waals surface area (Å²) in [5.41, 5.74) is 0.613. The van der Waals surface area contributed by atoms with Crippen LogP contribution in [-0.4, -0.2) is 35.9 Å². The number of benzene rings is 1. The van der Waals surface area contributed by atoms with E-state index < -0.39 is 0 Å². The lowest BCUT2D eigenvalue weighted by Crippen LogP contribution is -2.34. The Morgan fingerprint density at radius 1 is 1.38 bits per heavy atom. The fourth-order valence-corrected chi connectivity index (χ4v) is 2.46. The van der Waals surface area contributed by atoms with Crippen LogP contribution in [0.25, 0.3) is 11.4 Å². The number of hydrogen-bond donors (Lipinski definition) is 1. The monoisotopic (exact) mass is 291 g/mol. The zero-order valence-corrected chi connectivity index (χ0v) is 11.9. The summed E-state index contributed by atoms with van der Waals surface area (Å²) >= 11 is 0. The Hall–Kier alpha value is -1.79. The number of rotatable bonds is 5. The first-order valence-corrected chi connectivity index (χ1v) is 7.18. The van der Waals surface area contributed by atoms with Crippen LogP contribution in [0, 0.1) is 5.82 Å². The zero-order valence-electron chi connectivity index (χ0n) is 11.9. The molecule has 2 aromatic rings. The molecule has 1 N–H and O–H groups in total. The van der Waals surface area contributed by atoms with Crippen LogP contribution in [-0.2, 0) is 4.74 Å². The summed E-state index contributed by atoms with van der Waals surface area (Å²) in [6.45, 7) is 4.25. The van der Waals surface area contributed by atoms with Crippen LogP contribution in [0.5, 0.6) is 0 Å². The van der Waals surface area contributed by atoms with Crippen molar-refractivity contribution in [3.05, 3.63) is 36.0 Å². The van der Waals surface area contributed by atoms with Gasteiger partial charge >= 0.3 is 0 Å². The minimum absolute atomic E-state index is 0.0476. The van der Waals surface area contributed by atoms with Crippen molar-refractivity contribution in [2.45, 2.75) is 25.3 Å². The number of nitrogens with zero attached hydrogens (tertiary/aromatic N) is 2. The molecule has 2 atom stereocenters. The van der Waals surface area contributed by atoms with Gasteiger partial charge in [0.05, 0.1) is 19.1 Å². The van der Waals surface area contributed by atoms with E-state index in [-0.39, 0.29) is 17.8 Å². The van der Waals surface area contributed by atoms with Gasteiger partial charge in [-0.05, 0) is 25.1 Å².